The molecule has 0 aliphatic rings. The summed E-state index contributed by atoms with van der Waals surface area (Å²) in [6, 6.07) is 3.81. The van der Waals surface area contributed by atoms with Gasteiger partial charge in [0.05, 0.1) is 0 Å². The first-order chi connectivity index (χ1) is 6.00. The first-order valence-corrected chi connectivity index (χ1v) is 4.11. The second-order valence-corrected chi connectivity index (χ2v) is 3.25. The number of rotatable bonds is 1. The maximum atomic E-state index is 12.0. The molecule has 0 saturated heterocycles. The van der Waals surface area contributed by atoms with Crippen molar-refractivity contribution in [2.75, 3.05) is 0 Å². The van der Waals surface area contributed by atoms with Crippen molar-refractivity contribution in [3.05, 3.63) is 40.5 Å². The third kappa shape index (κ3) is 2.38. The van der Waals surface area contributed by atoms with E-state index in [4.69, 9.17) is 0 Å². The molecule has 0 amide bonds. The Balaban J connectivity index is 3.29. The maximum absolute atomic E-state index is 12.0. The van der Waals surface area contributed by atoms with Crippen LogP contribution in [0.1, 0.15) is 22.3 Å². The van der Waals surface area contributed by atoms with Gasteiger partial charge in [-0.05, 0) is 37.5 Å². The quantitative estimate of drug-likeness (QED) is 0.617. The van der Waals surface area contributed by atoms with E-state index in [0.717, 1.165) is 22.8 Å². The Kier molecular flexibility index (Phi) is 2.81. The molecule has 0 fully saturated rings. The lowest BCUT2D eigenvalue weighted by Gasteiger charge is -2.06. The molecule has 0 heterocycles. The van der Waals surface area contributed by atoms with Gasteiger partial charge in [-0.15, -0.1) is 0 Å². The lowest BCUT2D eigenvalue weighted by atomic mass is 10.00. The van der Waals surface area contributed by atoms with Crippen LogP contribution in [0.3, 0.4) is 0 Å². The van der Waals surface area contributed by atoms with Gasteiger partial charge in [-0.1, -0.05) is 17.7 Å². The largest absolute Gasteiger partial charge is 0.270 e. The van der Waals surface area contributed by atoms with E-state index >= 15 is 0 Å². The summed E-state index contributed by atoms with van der Waals surface area (Å²) >= 11 is 0. The summed E-state index contributed by atoms with van der Waals surface area (Å²) in [7, 11) is 0. The lowest BCUT2D eigenvalue weighted by molar-refractivity contribution is 0.429. The standard InChI is InChI=1S/C11H12F2/c1-7-4-8(2)10(6-11(12)13)9(3)5-7/h4-6H,1-3H3/i12-1/b11-6-. The van der Waals surface area contributed by atoms with E-state index in [0.29, 0.717) is 5.56 Å². The fraction of sp³-hybridized carbons (Fsp3) is 0.273. The molecule has 0 saturated carbocycles. The zero-order valence-corrected chi connectivity index (χ0v) is 7.99. The van der Waals surface area contributed by atoms with Gasteiger partial charge in [0.15, 0.2) is 0 Å². The molecule has 13 heavy (non-hydrogen) atoms. The van der Waals surface area contributed by atoms with E-state index in [1.54, 1.807) is 0 Å². The van der Waals surface area contributed by atoms with Crippen LogP contribution in [-0.2, 0) is 0 Å². The van der Waals surface area contributed by atoms with Crippen LogP contribution >= 0.6 is 0 Å². The minimum atomic E-state index is -1.64. The number of hydrogen-bond donors (Lipinski definition) is 0. The van der Waals surface area contributed by atoms with Crippen molar-refractivity contribution in [3.8, 4) is 0 Å². The van der Waals surface area contributed by atoms with Crippen molar-refractivity contribution < 1.29 is 8.78 Å². The van der Waals surface area contributed by atoms with Crippen LogP contribution in [0, 0.1) is 20.8 Å². The van der Waals surface area contributed by atoms with Gasteiger partial charge in [-0.3, -0.25) is 0 Å². The van der Waals surface area contributed by atoms with Crippen molar-refractivity contribution >= 4 is 6.08 Å². The summed E-state index contributed by atoms with van der Waals surface area (Å²) < 4.78 is 24.1. The highest BCUT2D eigenvalue weighted by atomic mass is 19.2. The normalized spacial score (nSPS) is 11.9. The summed E-state index contributed by atoms with van der Waals surface area (Å²) in [4.78, 5) is 0. The molecule has 0 nitrogen and oxygen atoms in total. The number of hydrogen-bond acceptors (Lipinski definition) is 0. The second-order valence-electron chi connectivity index (χ2n) is 3.25. The Hall–Kier alpha value is -1.18. The topological polar surface area (TPSA) is 0 Å². The molecule has 70 valence electrons. The van der Waals surface area contributed by atoms with Gasteiger partial charge in [0.2, 0.25) is 0 Å². The molecule has 0 aromatic heterocycles. The third-order valence-electron chi connectivity index (χ3n) is 1.99. The molecule has 0 aliphatic carbocycles. The molecule has 0 radical (unpaired) electrons. The molecule has 0 N–H and O–H groups in total. The number of benzene rings is 1. The van der Waals surface area contributed by atoms with Gasteiger partial charge in [-0.25, -0.2) is 0 Å². The van der Waals surface area contributed by atoms with E-state index in [2.05, 4.69) is 0 Å². The zero-order valence-electron chi connectivity index (χ0n) is 7.99. The highest BCUT2D eigenvalue weighted by Gasteiger charge is 2.02. The van der Waals surface area contributed by atoms with Gasteiger partial charge in [0.25, 0.3) is 6.08 Å². The first-order valence-electron chi connectivity index (χ1n) is 4.11. The molecule has 0 spiro atoms. The van der Waals surface area contributed by atoms with Gasteiger partial charge in [0.1, 0.15) is 0 Å². The molecule has 0 unspecified atom stereocenters. The minimum absolute atomic E-state index is 0.630. The SMILES string of the molecule is Cc1cc(C)c(/C=C(\F)[18F])c(C)c1. The Morgan fingerprint density at radius 3 is 1.92 bits per heavy atom. The van der Waals surface area contributed by atoms with Gasteiger partial charge >= 0.3 is 0 Å². The maximum Gasteiger partial charge on any atom is 0.270 e. The monoisotopic (exact) mass is 181 g/mol. The van der Waals surface area contributed by atoms with Crippen LogP contribution in [0.4, 0.5) is 8.78 Å². The Morgan fingerprint density at radius 1 is 1.08 bits per heavy atom. The summed E-state index contributed by atoms with van der Waals surface area (Å²) in [5.41, 5.74) is 3.52. The van der Waals surface area contributed by atoms with Crippen molar-refractivity contribution in [2.24, 2.45) is 0 Å². The van der Waals surface area contributed by atoms with E-state index in [1.807, 2.05) is 32.9 Å². The highest BCUT2D eigenvalue weighted by molar-refractivity contribution is 5.58. The average molecular weight is 181 g/mol. The fourth-order valence-corrected chi connectivity index (χ4v) is 1.53. The number of aryl methyl sites for hydroxylation is 3. The summed E-state index contributed by atoms with van der Waals surface area (Å²) in [5, 5.41) is 0. The first kappa shape index (κ1) is 9.90. The molecule has 0 bridgehead atoms. The van der Waals surface area contributed by atoms with Gasteiger partial charge < -0.3 is 0 Å². The van der Waals surface area contributed by atoms with Crippen LogP contribution in [0.25, 0.3) is 6.08 Å². The molecule has 0 atom stereocenters. The van der Waals surface area contributed by atoms with Crippen LogP contribution in [0.15, 0.2) is 18.2 Å². The second kappa shape index (κ2) is 3.69. The third-order valence-corrected chi connectivity index (χ3v) is 1.99. The van der Waals surface area contributed by atoms with E-state index in [1.165, 1.54) is 0 Å². The molecular formula is C11H12F2. The smallest absolute Gasteiger partial charge is 0.173 e. The van der Waals surface area contributed by atoms with Crippen molar-refractivity contribution in [1.29, 1.82) is 0 Å². The molecule has 1 aromatic rings. The average Bonchev–Trinajstić information content (AvgIpc) is 1.96. The van der Waals surface area contributed by atoms with Crippen LogP contribution in [-0.4, -0.2) is 0 Å². The van der Waals surface area contributed by atoms with E-state index in [-0.39, 0.29) is 0 Å². The van der Waals surface area contributed by atoms with Crippen LogP contribution < -0.4 is 0 Å². The molecule has 1 aromatic carbocycles. The Morgan fingerprint density at radius 2 is 1.54 bits per heavy atom. The summed E-state index contributed by atoms with van der Waals surface area (Å²) in [6.45, 7) is 5.64. The molecule has 1 rings (SSSR count). The van der Waals surface area contributed by atoms with Crippen molar-refractivity contribution in [1.82, 2.24) is 0 Å². The van der Waals surface area contributed by atoms with Crippen molar-refractivity contribution in [2.45, 2.75) is 20.8 Å². The fourth-order valence-electron chi connectivity index (χ4n) is 1.53. The Labute approximate surface area is 76.9 Å². The predicted molar refractivity (Wildman–Crippen MR) is 50.8 cm³/mol. The lowest BCUT2D eigenvalue weighted by Crippen LogP contribution is -1.88. The van der Waals surface area contributed by atoms with E-state index < -0.39 is 6.08 Å². The zero-order chi connectivity index (χ0) is 10.0. The molecular weight excluding hydrogens is 169 g/mol. The summed E-state index contributed by atoms with van der Waals surface area (Å²) in [6.07, 6.45) is -0.723. The minimum Gasteiger partial charge on any atom is -0.173 e. The summed E-state index contributed by atoms with van der Waals surface area (Å²) in [5.74, 6) is 0. The van der Waals surface area contributed by atoms with Crippen LogP contribution in [0.5, 0.6) is 0 Å². The number of halogens is 2. The Bertz CT molecular complexity index is 324. The van der Waals surface area contributed by atoms with Gasteiger partial charge in [-0.2, -0.15) is 8.78 Å². The van der Waals surface area contributed by atoms with Crippen LogP contribution in [0.2, 0.25) is 0 Å². The predicted octanol–water partition coefficient (Wildman–Crippen LogP) is 3.85. The highest BCUT2D eigenvalue weighted by Crippen LogP contribution is 2.19. The molecule has 0 aliphatic heterocycles. The molecule has 2 heteroatoms. The van der Waals surface area contributed by atoms with Crippen molar-refractivity contribution in [3.63, 3.8) is 0 Å². The van der Waals surface area contributed by atoms with Gasteiger partial charge in [0, 0.05) is 6.08 Å². The van der Waals surface area contributed by atoms with E-state index in [9.17, 15) is 8.78 Å².